The van der Waals surface area contributed by atoms with E-state index in [2.05, 4.69) is 49.5 Å². The standard InChI is InChI=1S/C24H33N5OS.HI/c1-25-24(27-21-9-13-28(14-10-21)17-19-11-16-31-18-19)26-12-4-7-23(30)29-15-8-20-5-2-3-6-22(20)29;/h2-3,5-6,11,16,18,21H,4,7-10,12-15,17H2,1H3,(H2,25,26,27);1H. The highest BCUT2D eigenvalue weighted by Gasteiger charge is 2.23. The molecule has 4 rings (SSSR count). The molecule has 0 saturated carbocycles. The van der Waals surface area contributed by atoms with Crippen molar-refractivity contribution >= 4 is 52.9 Å². The van der Waals surface area contributed by atoms with Gasteiger partial charge in [0.1, 0.15) is 0 Å². The van der Waals surface area contributed by atoms with Crippen LogP contribution in [0.5, 0.6) is 0 Å². The van der Waals surface area contributed by atoms with Gasteiger partial charge in [0.25, 0.3) is 0 Å². The zero-order valence-corrected chi connectivity index (χ0v) is 21.9. The summed E-state index contributed by atoms with van der Waals surface area (Å²) in [6, 6.07) is 10.9. The Morgan fingerprint density at radius 3 is 2.75 bits per heavy atom. The largest absolute Gasteiger partial charge is 0.356 e. The minimum absolute atomic E-state index is 0. The summed E-state index contributed by atoms with van der Waals surface area (Å²) in [6.07, 6.45) is 4.56. The minimum Gasteiger partial charge on any atom is -0.356 e. The number of benzene rings is 1. The van der Waals surface area contributed by atoms with E-state index in [9.17, 15) is 4.79 Å². The number of carbonyl (C=O) groups excluding carboxylic acids is 1. The lowest BCUT2D eigenvalue weighted by Gasteiger charge is -2.33. The van der Waals surface area contributed by atoms with Gasteiger partial charge in [-0.05, 0) is 59.7 Å². The average molecular weight is 568 g/mol. The zero-order chi connectivity index (χ0) is 21.5. The maximum atomic E-state index is 12.6. The first-order chi connectivity index (χ1) is 15.2. The molecule has 0 bridgehead atoms. The van der Waals surface area contributed by atoms with Crippen molar-refractivity contribution in [2.75, 3.05) is 38.1 Å². The van der Waals surface area contributed by atoms with Crippen LogP contribution in [0.25, 0.3) is 0 Å². The Hall–Kier alpha value is -1.65. The molecule has 2 aliphatic rings. The SMILES string of the molecule is CN=C(NCCCC(=O)N1CCc2ccccc21)NC1CCN(Cc2ccsc2)CC1.I. The molecule has 2 N–H and O–H groups in total. The number of aliphatic imine (C=N–C) groups is 1. The number of nitrogens with one attached hydrogen (secondary N) is 2. The molecule has 174 valence electrons. The van der Waals surface area contributed by atoms with E-state index in [0.29, 0.717) is 12.5 Å². The number of carbonyl (C=O) groups is 1. The Morgan fingerprint density at radius 1 is 1.19 bits per heavy atom. The predicted molar refractivity (Wildman–Crippen MR) is 144 cm³/mol. The van der Waals surface area contributed by atoms with Crippen molar-refractivity contribution < 1.29 is 4.79 Å². The smallest absolute Gasteiger partial charge is 0.227 e. The number of nitrogens with zero attached hydrogens (tertiary/aromatic N) is 3. The van der Waals surface area contributed by atoms with Crippen LogP contribution in [0.1, 0.15) is 36.8 Å². The molecule has 0 aliphatic carbocycles. The number of thiophene rings is 1. The fourth-order valence-corrected chi connectivity index (χ4v) is 5.10. The number of fused-ring (bicyclic) bond motifs is 1. The Labute approximate surface area is 212 Å². The minimum atomic E-state index is 0. The van der Waals surface area contributed by atoms with E-state index in [1.807, 2.05) is 24.1 Å². The van der Waals surface area contributed by atoms with Gasteiger partial charge in [0, 0.05) is 57.9 Å². The van der Waals surface area contributed by atoms with Gasteiger partial charge in [0.15, 0.2) is 5.96 Å². The van der Waals surface area contributed by atoms with Crippen LogP contribution in [-0.4, -0.2) is 56.0 Å². The van der Waals surface area contributed by atoms with Crippen molar-refractivity contribution in [2.24, 2.45) is 4.99 Å². The summed E-state index contributed by atoms with van der Waals surface area (Å²) in [7, 11) is 1.81. The molecule has 32 heavy (non-hydrogen) atoms. The fourth-order valence-electron chi connectivity index (χ4n) is 4.44. The summed E-state index contributed by atoms with van der Waals surface area (Å²) in [4.78, 5) is 21.5. The van der Waals surface area contributed by atoms with E-state index in [-0.39, 0.29) is 29.9 Å². The molecule has 0 radical (unpaired) electrons. The molecule has 0 atom stereocenters. The third-order valence-corrected chi connectivity index (χ3v) is 6.92. The van der Waals surface area contributed by atoms with Crippen LogP contribution in [-0.2, 0) is 17.8 Å². The van der Waals surface area contributed by atoms with Gasteiger partial charge in [-0.15, -0.1) is 24.0 Å². The van der Waals surface area contributed by atoms with E-state index in [0.717, 1.165) is 70.1 Å². The molecule has 2 aromatic rings. The van der Waals surface area contributed by atoms with Gasteiger partial charge in [-0.3, -0.25) is 14.7 Å². The van der Waals surface area contributed by atoms with E-state index in [1.54, 1.807) is 11.3 Å². The van der Waals surface area contributed by atoms with Crippen LogP contribution < -0.4 is 15.5 Å². The third-order valence-electron chi connectivity index (χ3n) is 6.19. The lowest BCUT2D eigenvalue weighted by Crippen LogP contribution is -2.48. The molecular formula is C24H34IN5OS. The van der Waals surface area contributed by atoms with E-state index >= 15 is 0 Å². The maximum Gasteiger partial charge on any atom is 0.227 e. The summed E-state index contributed by atoms with van der Waals surface area (Å²) in [5, 5.41) is 11.3. The lowest BCUT2D eigenvalue weighted by molar-refractivity contribution is -0.118. The van der Waals surface area contributed by atoms with E-state index in [4.69, 9.17) is 0 Å². The number of hydrogen-bond donors (Lipinski definition) is 2. The second kappa shape index (κ2) is 12.6. The van der Waals surface area contributed by atoms with Crippen molar-refractivity contribution in [3.8, 4) is 0 Å². The van der Waals surface area contributed by atoms with Crippen molar-refractivity contribution in [1.82, 2.24) is 15.5 Å². The van der Waals surface area contributed by atoms with Gasteiger partial charge in [-0.1, -0.05) is 18.2 Å². The molecule has 6 nitrogen and oxygen atoms in total. The Morgan fingerprint density at radius 2 is 2.00 bits per heavy atom. The van der Waals surface area contributed by atoms with Crippen LogP contribution in [0, 0.1) is 0 Å². The summed E-state index contributed by atoms with van der Waals surface area (Å²) in [5.74, 6) is 1.06. The van der Waals surface area contributed by atoms with Gasteiger partial charge < -0.3 is 15.5 Å². The molecule has 1 aromatic heterocycles. The van der Waals surface area contributed by atoms with Gasteiger partial charge in [-0.2, -0.15) is 11.3 Å². The van der Waals surface area contributed by atoms with Crippen molar-refractivity contribution in [1.29, 1.82) is 0 Å². The number of halogens is 1. The first-order valence-corrected chi connectivity index (χ1v) is 12.3. The second-order valence-electron chi connectivity index (χ2n) is 8.35. The second-order valence-corrected chi connectivity index (χ2v) is 9.13. The van der Waals surface area contributed by atoms with E-state index in [1.165, 1.54) is 11.1 Å². The van der Waals surface area contributed by atoms with Crippen LogP contribution in [0.15, 0.2) is 46.1 Å². The summed E-state index contributed by atoms with van der Waals surface area (Å²) in [6.45, 7) is 4.82. The molecule has 0 spiro atoms. The van der Waals surface area contributed by atoms with Crippen molar-refractivity contribution in [3.05, 3.63) is 52.2 Å². The molecule has 1 amide bonds. The highest BCUT2D eigenvalue weighted by atomic mass is 127. The highest BCUT2D eigenvalue weighted by Crippen LogP contribution is 2.28. The normalized spacial score (nSPS) is 17.0. The quantitative estimate of drug-likeness (QED) is 0.231. The summed E-state index contributed by atoms with van der Waals surface area (Å²) < 4.78 is 0. The number of piperidine rings is 1. The Bertz CT molecular complexity index is 880. The summed E-state index contributed by atoms with van der Waals surface area (Å²) in [5.41, 5.74) is 3.78. The lowest BCUT2D eigenvalue weighted by atomic mass is 10.0. The van der Waals surface area contributed by atoms with Gasteiger partial charge >= 0.3 is 0 Å². The zero-order valence-electron chi connectivity index (χ0n) is 18.8. The Kier molecular flexibility index (Phi) is 9.80. The van der Waals surface area contributed by atoms with Crippen LogP contribution in [0.2, 0.25) is 0 Å². The number of rotatable bonds is 7. The number of anilines is 1. The maximum absolute atomic E-state index is 12.6. The molecule has 1 saturated heterocycles. The first-order valence-electron chi connectivity index (χ1n) is 11.3. The highest BCUT2D eigenvalue weighted by molar-refractivity contribution is 14.0. The number of amides is 1. The third kappa shape index (κ3) is 6.68. The molecule has 2 aliphatic heterocycles. The van der Waals surface area contributed by atoms with Crippen LogP contribution in [0.4, 0.5) is 5.69 Å². The first kappa shape index (κ1) is 25.0. The molecule has 8 heteroatoms. The number of likely N-dealkylation sites (tertiary alicyclic amines) is 1. The Balaban J connectivity index is 0.00000289. The van der Waals surface area contributed by atoms with Crippen LogP contribution >= 0.6 is 35.3 Å². The van der Waals surface area contributed by atoms with Gasteiger partial charge in [0.2, 0.25) is 5.91 Å². The number of hydrogen-bond acceptors (Lipinski definition) is 4. The molecule has 0 unspecified atom stereocenters. The number of guanidine groups is 1. The van der Waals surface area contributed by atoms with Gasteiger partial charge in [-0.25, -0.2) is 0 Å². The van der Waals surface area contributed by atoms with E-state index < -0.39 is 0 Å². The fraction of sp³-hybridized carbons (Fsp3) is 0.500. The molecule has 1 aromatic carbocycles. The monoisotopic (exact) mass is 567 g/mol. The van der Waals surface area contributed by atoms with Crippen molar-refractivity contribution in [3.63, 3.8) is 0 Å². The average Bonchev–Trinajstić information content (AvgIpc) is 3.46. The molecular weight excluding hydrogens is 533 g/mol. The topological polar surface area (TPSA) is 60.0 Å². The predicted octanol–water partition coefficient (Wildman–Crippen LogP) is 3.87. The van der Waals surface area contributed by atoms with Crippen LogP contribution in [0.3, 0.4) is 0 Å². The number of para-hydroxylation sites is 1. The van der Waals surface area contributed by atoms with Crippen molar-refractivity contribution in [2.45, 2.75) is 44.7 Å². The molecule has 3 heterocycles. The summed E-state index contributed by atoms with van der Waals surface area (Å²) >= 11 is 1.77. The molecule has 1 fully saturated rings. The van der Waals surface area contributed by atoms with Gasteiger partial charge in [0.05, 0.1) is 0 Å².